The van der Waals surface area contributed by atoms with Crippen molar-refractivity contribution in [2.75, 3.05) is 13.7 Å². The zero-order valence-electron chi connectivity index (χ0n) is 10.6. The third-order valence-electron chi connectivity index (χ3n) is 4.04. The lowest BCUT2D eigenvalue weighted by molar-refractivity contribution is 0.285. The van der Waals surface area contributed by atoms with Crippen molar-refractivity contribution in [3.8, 4) is 5.75 Å². The topological polar surface area (TPSA) is 35.2 Å². The van der Waals surface area contributed by atoms with Crippen molar-refractivity contribution in [1.82, 2.24) is 0 Å². The Bertz CT molecular complexity index is 428. The highest BCUT2D eigenvalue weighted by atomic mass is 19.2. The predicted octanol–water partition coefficient (Wildman–Crippen LogP) is 3.13. The number of hydrogen-bond donors (Lipinski definition) is 1. The molecule has 2 rings (SSSR count). The average molecular weight is 255 g/mol. The Hall–Kier alpha value is -1.16. The van der Waals surface area contributed by atoms with Crippen LogP contribution >= 0.6 is 0 Å². The lowest BCUT2D eigenvalue weighted by atomic mass is 9.69. The van der Waals surface area contributed by atoms with Crippen LogP contribution in [0, 0.1) is 11.6 Å². The van der Waals surface area contributed by atoms with Crippen molar-refractivity contribution >= 4 is 0 Å². The Balaban J connectivity index is 2.46. The van der Waals surface area contributed by atoms with Gasteiger partial charge in [-0.3, -0.25) is 0 Å². The molecule has 1 fully saturated rings. The molecule has 1 aliphatic rings. The van der Waals surface area contributed by atoms with Crippen LogP contribution < -0.4 is 10.5 Å². The molecule has 0 aromatic heterocycles. The van der Waals surface area contributed by atoms with E-state index in [2.05, 4.69) is 0 Å². The molecular weight excluding hydrogens is 236 g/mol. The van der Waals surface area contributed by atoms with Gasteiger partial charge in [-0.25, -0.2) is 4.39 Å². The second kappa shape index (κ2) is 5.22. The van der Waals surface area contributed by atoms with Crippen LogP contribution in [0.4, 0.5) is 8.78 Å². The highest BCUT2D eigenvalue weighted by Gasteiger charge is 2.36. The fourth-order valence-electron chi connectivity index (χ4n) is 2.91. The first-order chi connectivity index (χ1) is 8.64. The molecule has 0 bridgehead atoms. The van der Waals surface area contributed by atoms with Crippen molar-refractivity contribution in [2.45, 2.75) is 37.5 Å². The fraction of sp³-hybridized carbons (Fsp3) is 0.571. The van der Waals surface area contributed by atoms with Crippen LogP contribution in [0.15, 0.2) is 12.1 Å². The van der Waals surface area contributed by atoms with E-state index in [9.17, 15) is 8.78 Å². The maximum Gasteiger partial charge on any atom is 0.200 e. The number of methoxy groups -OCH3 is 1. The van der Waals surface area contributed by atoms with Crippen LogP contribution in [0.3, 0.4) is 0 Å². The molecule has 2 N–H and O–H groups in total. The highest BCUT2D eigenvalue weighted by Crippen LogP contribution is 2.41. The first-order valence-electron chi connectivity index (χ1n) is 6.37. The van der Waals surface area contributed by atoms with Crippen LogP contribution in [0.5, 0.6) is 5.75 Å². The summed E-state index contributed by atoms with van der Waals surface area (Å²) in [7, 11) is 1.33. The SMILES string of the molecule is COc1ccc(C2(CN)CCCCC2)c(F)c1F. The van der Waals surface area contributed by atoms with E-state index in [1.165, 1.54) is 13.2 Å². The third kappa shape index (κ3) is 2.09. The minimum absolute atomic E-state index is 0.0563. The molecule has 0 amide bonds. The minimum Gasteiger partial charge on any atom is -0.494 e. The van der Waals surface area contributed by atoms with Gasteiger partial charge in [-0.15, -0.1) is 0 Å². The first-order valence-corrected chi connectivity index (χ1v) is 6.37. The molecule has 0 radical (unpaired) electrons. The summed E-state index contributed by atoms with van der Waals surface area (Å²) in [5, 5.41) is 0. The summed E-state index contributed by atoms with van der Waals surface area (Å²) in [5.41, 5.74) is 5.84. The van der Waals surface area contributed by atoms with Gasteiger partial charge in [-0.2, -0.15) is 4.39 Å². The van der Waals surface area contributed by atoms with Gasteiger partial charge >= 0.3 is 0 Å². The van der Waals surface area contributed by atoms with Crippen LogP contribution in [-0.4, -0.2) is 13.7 Å². The molecule has 2 nitrogen and oxygen atoms in total. The minimum atomic E-state index is -0.909. The summed E-state index contributed by atoms with van der Waals surface area (Å²) >= 11 is 0. The summed E-state index contributed by atoms with van der Waals surface area (Å²) in [6.07, 6.45) is 4.83. The Kier molecular flexibility index (Phi) is 3.85. The average Bonchev–Trinajstić information content (AvgIpc) is 2.42. The van der Waals surface area contributed by atoms with Gasteiger partial charge in [0.2, 0.25) is 5.82 Å². The largest absolute Gasteiger partial charge is 0.494 e. The van der Waals surface area contributed by atoms with Crippen LogP contribution in [0.25, 0.3) is 0 Å². The van der Waals surface area contributed by atoms with Crippen LogP contribution in [0.1, 0.15) is 37.7 Å². The second-order valence-corrected chi connectivity index (χ2v) is 4.99. The molecule has 0 unspecified atom stereocenters. The molecule has 1 aromatic rings. The van der Waals surface area contributed by atoms with Gasteiger partial charge in [-0.1, -0.05) is 25.3 Å². The number of hydrogen-bond acceptors (Lipinski definition) is 2. The number of rotatable bonds is 3. The summed E-state index contributed by atoms with van der Waals surface area (Å²) in [6.45, 7) is 0.357. The van der Waals surface area contributed by atoms with E-state index in [4.69, 9.17) is 10.5 Å². The Morgan fingerprint density at radius 1 is 1.17 bits per heavy atom. The Labute approximate surface area is 106 Å². The molecule has 0 spiro atoms. The molecule has 1 aliphatic carbocycles. The maximum absolute atomic E-state index is 14.2. The maximum atomic E-state index is 14.2. The van der Waals surface area contributed by atoms with Gasteiger partial charge in [0.15, 0.2) is 11.6 Å². The van der Waals surface area contributed by atoms with Gasteiger partial charge in [0.25, 0.3) is 0 Å². The Morgan fingerprint density at radius 3 is 2.39 bits per heavy atom. The standard InChI is InChI=1S/C14H19F2NO/c1-18-11-6-5-10(12(15)13(11)16)14(9-17)7-3-2-4-8-14/h5-6H,2-4,7-9,17H2,1H3. The third-order valence-corrected chi connectivity index (χ3v) is 4.04. The lowest BCUT2D eigenvalue weighted by Gasteiger charge is -2.37. The zero-order chi connectivity index (χ0) is 13.2. The smallest absolute Gasteiger partial charge is 0.200 e. The van der Waals surface area contributed by atoms with Crippen molar-refractivity contribution < 1.29 is 13.5 Å². The molecule has 0 atom stereocenters. The molecule has 0 heterocycles. The molecule has 0 saturated heterocycles. The highest BCUT2D eigenvalue weighted by molar-refractivity contribution is 5.36. The van der Waals surface area contributed by atoms with E-state index >= 15 is 0 Å². The van der Waals surface area contributed by atoms with E-state index < -0.39 is 17.0 Å². The normalized spacial score (nSPS) is 18.7. The summed E-state index contributed by atoms with van der Waals surface area (Å²) in [4.78, 5) is 0. The van der Waals surface area contributed by atoms with Gasteiger partial charge < -0.3 is 10.5 Å². The van der Waals surface area contributed by atoms with E-state index in [1.807, 2.05) is 0 Å². The predicted molar refractivity (Wildman–Crippen MR) is 66.7 cm³/mol. The number of ether oxygens (including phenoxy) is 1. The quantitative estimate of drug-likeness (QED) is 0.900. The van der Waals surface area contributed by atoms with Crippen LogP contribution in [-0.2, 0) is 5.41 Å². The summed E-state index contributed by atoms with van der Waals surface area (Å²) in [6, 6.07) is 3.11. The zero-order valence-corrected chi connectivity index (χ0v) is 10.6. The first kappa shape index (κ1) is 13.3. The summed E-state index contributed by atoms with van der Waals surface area (Å²) < 4.78 is 32.7. The lowest BCUT2D eigenvalue weighted by Crippen LogP contribution is -2.38. The summed E-state index contributed by atoms with van der Waals surface area (Å²) in [5.74, 6) is -1.77. The van der Waals surface area contributed by atoms with E-state index in [0.717, 1.165) is 32.1 Å². The fourth-order valence-corrected chi connectivity index (χ4v) is 2.91. The van der Waals surface area contributed by atoms with Crippen molar-refractivity contribution in [2.24, 2.45) is 5.73 Å². The van der Waals surface area contributed by atoms with Gasteiger partial charge in [0, 0.05) is 12.0 Å². The van der Waals surface area contributed by atoms with E-state index in [-0.39, 0.29) is 5.75 Å². The second-order valence-electron chi connectivity index (χ2n) is 4.99. The monoisotopic (exact) mass is 255 g/mol. The molecule has 18 heavy (non-hydrogen) atoms. The molecule has 100 valence electrons. The van der Waals surface area contributed by atoms with Crippen LogP contribution in [0.2, 0.25) is 0 Å². The van der Waals surface area contributed by atoms with Crippen molar-refractivity contribution in [3.63, 3.8) is 0 Å². The van der Waals surface area contributed by atoms with Gasteiger partial charge in [-0.05, 0) is 24.5 Å². The van der Waals surface area contributed by atoms with Gasteiger partial charge in [0.05, 0.1) is 7.11 Å². The molecule has 0 aliphatic heterocycles. The molecule has 4 heteroatoms. The van der Waals surface area contributed by atoms with Crippen molar-refractivity contribution in [3.05, 3.63) is 29.3 Å². The van der Waals surface area contributed by atoms with Gasteiger partial charge in [0.1, 0.15) is 0 Å². The van der Waals surface area contributed by atoms with E-state index in [0.29, 0.717) is 12.1 Å². The molecular formula is C14H19F2NO. The molecule has 1 aromatic carbocycles. The Morgan fingerprint density at radius 2 is 1.83 bits per heavy atom. The number of halogens is 2. The number of nitrogens with two attached hydrogens (primary N) is 1. The van der Waals surface area contributed by atoms with E-state index in [1.54, 1.807) is 6.07 Å². The molecule has 1 saturated carbocycles. The number of benzene rings is 1. The van der Waals surface area contributed by atoms with Crippen molar-refractivity contribution in [1.29, 1.82) is 0 Å².